The average molecular weight is 328 g/mol. The van der Waals surface area contributed by atoms with Crippen LogP contribution in [0.1, 0.15) is 17.3 Å². The molecule has 1 aliphatic rings. The van der Waals surface area contributed by atoms with Crippen LogP contribution in [-0.2, 0) is 0 Å². The smallest absolute Gasteiger partial charge is 0.267 e. The summed E-state index contributed by atoms with van der Waals surface area (Å²) in [6, 6.07) is 5.30. The molecule has 24 heavy (non-hydrogen) atoms. The number of nitrogens with zero attached hydrogens (tertiary/aromatic N) is 4. The highest BCUT2D eigenvalue weighted by atomic mass is 19.1. The van der Waals surface area contributed by atoms with Crippen LogP contribution in [0.5, 0.6) is 0 Å². The van der Waals surface area contributed by atoms with E-state index in [9.17, 15) is 14.0 Å². The summed E-state index contributed by atoms with van der Waals surface area (Å²) >= 11 is 0. The molecule has 2 aromatic rings. The third kappa shape index (κ3) is 3.35. The Hall–Kier alpha value is -3.36. The van der Waals surface area contributed by atoms with Crippen molar-refractivity contribution in [2.75, 3.05) is 6.54 Å². The number of rotatable bonds is 3. The van der Waals surface area contributed by atoms with E-state index in [2.05, 4.69) is 25.9 Å². The highest BCUT2D eigenvalue weighted by molar-refractivity contribution is 5.97. The van der Waals surface area contributed by atoms with Gasteiger partial charge in [0.25, 0.3) is 5.91 Å². The molecule has 0 saturated heterocycles. The Morgan fingerprint density at radius 2 is 2.08 bits per heavy atom. The van der Waals surface area contributed by atoms with Crippen molar-refractivity contribution in [3.63, 3.8) is 0 Å². The van der Waals surface area contributed by atoms with Crippen LogP contribution in [0.2, 0.25) is 0 Å². The van der Waals surface area contributed by atoms with Crippen LogP contribution in [0, 0.1) is 5.82 Å². The lowest BCUT2D eigenvalue weighted by Crippen LogP contribution is -2.54. The minimum atomic E-state index is -0.536. The molecule has 122 valence electrons. The lowest BCUT2D eigenvalue weighted by molar-refractivity contribution is 0.0838. The Labute approximate surface area is 136 Å². The van der Waals surface area contributed by atoms with Gasteiger partial charge in [-0.05, 0) is 19.1 Å². The maximum absolute atomic E-state index is 13.2. The Morgan fingerprint density at radius 3 is 2.79 bits per heavy atom. The first-order valence-electron chi connectivity index (χ1n) is 7.02. The zero-order chi connectivity index (χ0) is 17.1. The van der Waals surface area contributed by atoms with E-state index in [1.54, 1.807) is 19.1 Å². The number of halogens is 1. The zero-order valence-electron chi connectivity index (χ0n) is 12.7. The van der Waals surface area contributed by atoms with Crippen molar-refractivity contribution in [2.24, 2.45) is 5.10 Å². The van der Waals surface area contributed by atoms with Crippen LogP contribution in [0.15, 0.2) is 41.8 Å². The topological polar surface area (TPSA) is 99.6 Å². The van der Waals surface area contributed by atoms with Gasteiger partial charge in [0.05, 0.1) is 17.8 Å². The van der Waals surface area contributed by atoms with Gasteiger partial charge in [-0.15, -0.1) is 0 Å². The third-order valence-corrected chi connectivity index (χ3v) is 3.21. The number of benzene rings is 1. The third-order valence-electron chi connectivity index (χ3n) is 3.21. The molecule has 0 unspecified atom stereocenters. The predicted octanol–water partition coefficient (Wildman–Crippen LogP) is 1.33. The maximum Gasteiger partial charge on any atom is 0.356 e. The number of hydrazone groups is 1. The van der Waals surface area contributed by atoms with Gasteiger partial charge in [-0.3, -0.25) is 10.2 Å². The van der Waals surface area contributed by atoms with Gasteiger partial charge in [-0.1, -0.05) is 12.1 Å². The van der Waals surface area contributed by atoms with Gasteiger partial charge in [0.1, 0.15) is 5.82 Å². The molecular formula is C15H13FN6O2. The molecule has 3 rings (SSSR count). The van der Waals surface area contributed by atoms with Crippen LogP contribution < -0.4 is 10.9 Å². The minimum Gasteiger partial charge on any atom is -0.267 e. The summed E-state index contributed by atoms with van der Waals surface area (Å²) in [5, 5.41) is 4.86. The van der Waals surface area contributed by atoms with E-state index in [1.807, 2.05) is 0 Å². The fraction of sp³-hybridized carbons (Fsp3) is 0.133. The van der Waals surface area contributed by atoms with Crippen molar-refractivity contribution in [3.05, 3.63) is 48.0 Å². The number of amides is 3. The number of carbonyl (C=O) groups excluding carboxylic acids is 2. The van der Waals surface area contributed by atoms with Crippen molar-refractivity contribution < 1.29 is 14.0 Å². The summed E-state index contributed by atoms with van der Waals surface area (Å²) in [6.07, 6.45) is 2.62. The number of aromatic nitrogens is 2. The van der Waals surface area contributed by atoms with Crippen LogP contribution in [0.25, 0.3) is 11.4 Å². The summed E-state index contributed by atoms with van der Waals surface area (Å²) in [7, 11) is 0. The molecule has 2 N–H and O–H groups in total. The second kappa shape index (κ2) is 6.41. The van der Waals surface area contributed by atoms with Gasteiger partial charge < -0.3 is 0 Å². The lowest BCUT2D eigenvalue weighted by Gasteiger charge is -2.25. The SMILES string of the molecule is CC1=NNC(=O)N(NC(=O)c2cnc(-c3cccc(F)c3)nc2)C1. The summed E-state index contributed by atoms with van der Waals surface area (Å²) in [6.45, 7) is 1.90. The van der Waals surface area contributed by atoms with Crippen molar-refractivity contribution in [2.45, 2.75) is 6.92 Å². The monoisotopic (exact) mass is 328 g/mol. The Bertz CT molecular complexity index is 821. The first-order chi connectivity index (χ1) is 11.5. The first kappa shape index (κ1) is 15.5. The molecule has 0 saturated carbocycles. The fourth-order valence-corrected chi connectivity index (χ4v) is 2.04. The molecule has 8 nitrogen and oxygen atoms in total. The molecule has 3 amide bonds. The van der Waals surface area contributed by atoms with Crippen molar-refractivity contribution in [1.29, 1.82) is 0 Å². The number of hydrogen-bond acceptors (Lipinski definition) is 5. The molecule has 0 atom stereocenters. The molecular weight excluding hydrogens is 315 g/mol. The number of carbonyl (C=O) groups is 2. The maximum atomic E-state index is 13.2. The number of hydrogen-bond donors (Lipinski definition) is 2. The van der Waals surface area contributed by atoms with Crippen LogP contribution >= 0.6 is 0 Å². The minimum absolute atomic E-state index is 0.170. The van der Waals surface area contributed by atoms with Crippen molar-refractivity contribution >= 4 is 17.6 Å². The van der Waals surface area contributed by atoms with E-state index < -0.39 is 17.8 Å². The van der Waals surface area contributed by atoms with Crippen molar-refractivity contribution in [3.8, 4) is 11.4 Å². The van der Waals surface area contributed by atoms with E-state index in [-0.39, 0.29) is 12.1 Å². The Balaban J connectivity index is 1.72. The standard InChI is InChI=1S/C15H13FN6O2/c1-9-8-22(15(24)20-19-9)21-14(23)11-6-17-13(18-7-11)10-3-2-4-12(16)5-10/h2-7H,8H2,1H3,(H,20,24)(H,21,23). The molecule has 1 aromatic carbocycles. The molecule has 2 heterocycles. The van der Waals surface area contributed by atoms with Crippen LogP contribution in [0.4, 0.5) is 9.18 Å². The van der Waals surface area contributed by atoms with Gasteiger partial charge in [0, 0.05) is 18.0 Å². The van der Waals surface area contributed by atoms with E-state index in [0.29, 0.717) is 17.1 Å². The molecule has 0 radical (unpaired) electrons. The molecule has 0 fully saturated rings. The number of nitrogens with one attached hydrogen (secondary N) is 2. The van der Waals surface area contributed by atoms with E-state index in [1.165, 1.54) is 24.5 Å². The Morgan fingerprint density at radius 1 is 1.33 bits per heavy atom. The van der Waals surface area contributed by atoms with E-state index in [4.69, 9.17) is 0 Å². The normalized spacial score (nSPS) is 14.0. The first-order valence-corrected chi connectivity index (χ1v) is 7.02. The molecule has 1 aliphatic heterocycles. The van der Waals surface area contributed by atoms with Gasteiger partial charge in [0.2, 0.25) is 0 Å². The van der Waals surface area contributed by atoms with Crippen molar-refractivity contribution in [1.82, 2.24) is 25.8 Å². The number of hydrazine groups is 1. The average Bonchev–Trinajstić information content (AvgIpc) is 2.58. The Kier molecular flexibility index (Phi) is 4.15. The van der Waals surface area contributed by atoms with E-state index in [0.717, 1.165) is 5.01 Å². The molecule has 0 spiro atoms. The summed E-state index contributed by atoms with van der Waals surface area (Å²) in [5.74, 6) is -0.638. The predicted molar refractivity (Wildman–Crippen MR) is 83.2 cm³/mol. The van der Waals surface area contributed by atoms with Gasteiger partial charge in [0.15, 0.2) is 5.82 Å². The summed E-state index contributed by atoms with van der Waals surface area (Å²) in [5.41, 5.74) is 6.03. The quantitative estimate of drug-likeness (QED) is 0.888. The lowest BCUT2D eigenvalue weighted by atomic mass is 10.2. The van der Waals surface area contributed by atoms with Gasteiger partial charge in [-0.2, -0.15) is 5.10 Å². The largest absolute Gasteiger partial charge is 0.356 e. The fourth-order valence-electron chi connectivity index (χ4n) is 2.04. The molecule has 9 heteroatoms. The van der Waals surface area contributed by atoms with E-state index >= 15 is 0 Å². The van der Waals surface area contributed by atoms with Gasteiger partial charge in [-0.25, -0.2) is 29.6 Å². The van der Waals surface area contributed by atoms with Crippen LogP contribution in [0.3, 0.4) is 0 Å². The summed E-state index contributed by atoms with van der Waals surface area (Å²) < 4.78 is 13.2. The summed E-state index contributed by atoms with van der Waals surface area (Å²) in [4.78, 5) is 31.9. The molecule has 0 bridgehead atoms. The zero-order valence-corrected chi connectivity index (χ0v) is 12.7. The second-order valence-corrected chi connectivity index (χ2v) is 5.10. The highest BCUT2D eigenvalue weighted by Crippen LogP contribution is 2.15. The molecule has 1 aromatic heterocycles. The van der Waals surface area contributed by atoms with Crippen LogP contribution in [-0.4, -0.2) is 39.2 Å². The molecule has 0 aliphatic carbocycles. The number of urea groups is 1. The highest BCUT2D eigenvalue weighted by Gasteiger charge is 2.21. The second-order valence-electron chi connectivity index (χ2n) is 5.10. The van der Waals surface area contributed by atoms with Gasteiger partial charge >= 0.3 is 6.03 Å².